The van der Waals surface area contributed by atoms with E-state index in [0.29, 0.717) is 55.6 Å². The highest BCUT2D eigenvalue weighted by Gasteiger charge is 2.35. The van der Waals surface area contributed by atoms with Crippen molar-refractivity contribution < 1.29 is 23.7 Å². The van der Waals surface area contributed by atoms with Crippen LogP contribution in [0.4, 0.5) is 0 Å². The van der Waals surface area contributed by atoms with Gasteiger partial charge in [-0.05, 0) is 51.1 Å². The zero-order valence-electron chi connectivity index (χ0n) is 20.9. The molecule has 1 atom stereocenters. The summed E-state index contributed by atoms with van der Waals surface area (Å²) >= 11 is 1.24. The number of esters is 1. The van der Waals surface area contributed by atoms with Crippen molar-refractivity contribution in [2.45, 2.75) is 26.8 Å². The van der Waals surface area contributed by atoms with Crippen LogP contribution in [0.3, 0.4) is 0 Å². The number of aromatic nitrogens is 1. The van der Waals surface area contributed by atoms with Gasteiger partial charge in [0.25, 0.3) is 5.56 Å². The molecular weight excluding hydrogens is 480 g/mol. The van der Waals surface area contributed by atoms with Crippen molar-refractivity contribution in [3.05, 3.63) is 84.5 Å². The Labute approximate surface area is 212 Å². The van der Waals surface area contributed by atoms with E-state index in [1.807, 2.05) is 31.2 Å². The minimum atomic E-state index is -0.752. The number of allylic oxidation sites excluding steroid dienone is 1. The van der Waals surface area contributed by atoms with Crippen molar-refractivity contribution in [1.29, 1.82) is 0 Å². The summed E-state index contributed by atoms with van der Waals surface area (Å²) in [6.45, 7) is 6.02. The van der Waals surface area contributed by atoms with E-state index in [0.717, 1.165) is 0 Å². The number of fused-ring (bicyclic) bond motifs is 1. The van der Waals surface area contributed by atoms with Crippen LogP contribution in [0.5, 0.6) is 17.2 Å². The number of rotatable bonds is 8. The lowest BCUT2D eigenvalue weighted by atomic mass is 9.95. The van der Waals surface area contributed by atoms with Crippen molar-refractivity contribution >= 4 is 23.4 Å². The monoisotopic (exact) mass is 508 g/mol. The molecule has 0 aliphatic carbocycles. The van der Waals surface area contributed by atoms with Gasteiger partial charge < -0.3 is 18.9 Å². The lowest BCUT2D eigenvalue weighted by Gasteiger charge is -2.26. The summed E-state index contributed by atoms with van der Waals surface area (Å²) < 4.78 is 24.1. The van der Waals surface area contributed by atoms with Gasteiger partial charge in [-0.25, -0.2) is 9.79 Å². The molecule has 1 aliphatic rings. The van der Waals surface area contributed by atoms with Crippen LogP contribution in [0.15, 0.2) is 63.5 Å². The number of hydrogen-bond acceptors (Lipinski definition) is 8. The maximum atomic E-state index is 13.9. The van der Waals surface area contributed by atoms with E-state index in [4.69, 9.17) is 18.9 Å². The van der Waals surface area contributed by atoms with Crippen LogP contribution in [0.25, 0.3) is 6.08 Å². The average molecular weight is 509 g/mol. The van der Waals surface area contributed by atoms with Gasteiger partial charge in [0, 0.05) is 11.1 Å². The topological polar surface area (TPSA) is 88.4 Å². The van der Waals surface area contributed by atoms with Crippen molar-refractivity contribution in [1.82, 2.24) is 4.57 Å². The standard InChI is InChI=1S/C27H28N2O6S/c1-6-34-21-11-9-8-10-19(21)24-23(26(31)35-7-2)16(3)28-27-29(24)25(30)22(36-27)15-17-14-18(32-4)12-13-20(17)33-5/h8-15,24H,6-7H2,1-5H3/b22-15-/t24-/m0/s1. The number of benzene rings is 2. The molecule has 4 rings (SSSR count). The molecule has 8 nitrogen and oxygen atoms in total. The summed E-state index contributed by atoms with van der Waals surface area (Å²) in [5.74, 6) is 1.31. The summed E-state index contributed by atoms with van der Waals surface area (Å²) in [5.41, 5.74) is 1.89. The lowest BCUT2D eigenvalue weighted by molar-refractivity contribution is -0.139. The second kappa shape index (κ2) is 10.8. The Morgan fingerprint density at radius 1 is 1.08 bits per heavy atom. The van der Waals surface area contributed by atoms with Crippen LogP contribution in [-0.4, -0.2) is 38.0 Å². The number of methoxy groups -OCH3 is 2. The third-order valence-electron chi connectivity index (χ3n) is 5.75. The summed E-state index contributed by atoms with van der Waals surface area (Å²) in [4.78, 5) is 32.1. The molecular formula is C27H28N2O6S. The second-order valence-electron chi connectivity index (χ2n) is 7.88. The molecule has 1 aliphatic heterocycles. The molecule has 0 unspecified atom stereocenters. The molecule has 0 bridgehead atoms. The third-order valence-corrected chi connectivity index (χ3v) is 6.74. The molecule has 0 amide bonds. The predicted molar refractivity (Wildman–Crippen MR) is 138 cm³/mol. The fourth-order valence-electron chi connectivity index (χ4n) is 4.17. The Hall–Kier alpha value is -3.85. The maximum absolute atomic E-state index is 13.9. The largest absolute Gasteiger partial charge is 0.497 e. The SMILES string of the molecule is CCOC(=O)C1=C(C)N=c2s/c(=C\c3cc(OC)ccc3OC)c(=O)n2[C@H]1c1ccccc1OCC. The first kappa shape index (κ1) is 25.2. The van der Waals surface area contributed by atoms with E-state index in [1.54, 1.807) is 56.9 Å². The second-order valence-corrected chi connectivity index (χ2v) is 8.89. The minimum absolute atomic E-state index is 0.204. The van der Waals surface area contributed by atoms with Gasteiger partial charge in [0.05, 0.1) is 43.2 Å². The van der Waals surface area contributed by atoms with Crippen molar-refractivity contribution in [2.75, 3.05) is 27.4 Å². The van der Waals surface area contributed by atoms with Crippen LogP contribution in [0.2, 0.25) is 0 Å². The zero-order valence-corrected chi connectivity index (χ0v) is 21.7. The first-order valence-electron chi connectivity index (χ1n) is 11.6. The zero-order chi connectivity index (χ0) is 25.8. The normalized spacial score (nSPS) is 15.2. The quantitative estimate of drug-likeness (QED) is 0.434. The van der Waals surface area contributed by atoms with Crippen LogP contribution in [0, 0.1) is 0 Å². The Bertz CT molecular complexity index is 1500. The molecule has 3 aromatic rings. The average Bonchev–Trinajstić information content (AvgIpc) is 3.18. The van der Waals surface area contributed by atoms with Gasteiger partial charge in [-0.15, -0.1) is 0 Å². The number of para-hydroxylation sites is 1. The van der Waals surface area contributed by atoms with Crippen LogP contribution < -0.4 is 29.1 Å². The maximum Gasteiger partial charge on any atom is 0.338 e. The molecule has 0 spiro atoms. The molecule has 0 radical (unpaired) electrons. The summed E-state index contributed by atoms with van der Waals surface area (Å²) in [5, 5.41) is 0. The van der Waals surface area contributed by atoms with Gasteiger partial charge >= 0.3 is 5.97 Å². The number of ether oxygens (including phenoxy) is 4. The molecule has 1 aromatic heterocycles. The van der Waals surface area contributed by atoms with Gasteiger partial charge in [0.1, 0.15) is 23.3 Å². The predicted octanol–water partition coefficient (Wildman–Crippen LogP) is 3.21. The number of nitrogens with zero attached hydrogens (tertiary/aromatic N) is 2. The molecule has 9 heteroatoms. The molecule has 0 saturated heterocycles. The lowest BCUT2D eigenvalue weighted by Crippen LogP contribution is -2.40. The van der Waals surface area contributed by atoms with Crippen LogP contribution in [0.1, 0.15) is 37.9 Å². The van der Waals surface area contributed by atoms with Gasteiger partial charge in [0.15, 0.2) is 4.80 Å². The number of carbonyl (C=O) groups excluding carboxylic acids is 1. The summed E-state index contributed by atoms with van der Waals surface area (Å²) in [6, 6.07) is 12.0. The highest BCUT2D eigenvalue weighted by atomic mass is 32.1. The van der Waals surface area contributed by atoms with E-state index >= 15 is 0 Å². The third kappa shape index (κ3) is 4.66. The number of thiazole rings is 1. The summed E-state index contributed by atoms with van der Waals surface area (Å²) in [7, 11) is 3.15. The Morgan fingerprint density at radius 3 is 2.56 bits per heavy atom. The highest BCUT2D eigenvalue weighted by molar-refractivity contribution is 7.07. The Kier molecular flexibility index (Phi) is 7.59. The van der Waals surface area contributed by atoms with Crippen molar-refractivity contribution in [3.8, 4) is 17.2 Å². The van der Waals surface area contributed by atoms with Crippen molar-refractivity contribution in [3.63, 3.8) is 0 Å². The summed E-state index contributed by atoms with van der Waals surface area (Å²) in [6.07, 6.45) is 1.75. The van der Waals surface area contributed by atoms with E-state index in [-0.39, 0.29) is 12.2 Å². The minimum Gasteiger partial charge on any atom is -0.497 e. The highest BCUT2D eigenvalue weighted by Crippen LogP contribution is 2.36. The first-order chi connectivity index (χ1) is 17.4. The van der Waals surface area contributed by atoms with Gasteiger partial charge in [-0.2, -0.15) is 0 Å². The first-order valence-corrected chi connectivity index (χ1v) is 12.4. The van der Waals surface area contributed by atoms with Crippen LogP contribution in [-0.2, 0) is 9.53 Å². The van der Waals surface area contributed by atoms with Crippen LogP contribution >= 0.6 is 11.3 Å². The van der Waals surface area contributed by atoms with Gasteiger partial charge in [-0.1, -0.05) is 29.5 Å². The molecule has 0 N–H and O–H groups in total. The molecule has 0 saturated carbocycles. The van der Waals surface area contributed by atoms with Crippen molar-refractivity contribution in [2.24, 2.45) is 4.99 Å². The fraction of sp³-hybridized carbons (Fsp3) is 0.296. The number of carbonyl (C=O) groups is 1. The van der Waals surface area contributed by atoms with Gasteiger partial charge in [0.2, 0.25) is 0 Å². The van der Waals surface area contributed by atoms with Gasteiger partial charge in [-0.3, -0.25) is 9.36 Å². The molecule has 2 heterocycles. The molecule has 2 aromatic carbocycles. The molecule has 188 valence electrons. The Balaban J connectivity index is 2.00. The number of hydrogen-bond donors (Lipinski definition) is 0. The van der Waals surface area contributed by atoms with E-state index in [2.05, 4.69) is 4.99 Å². The van der Waals surface area contributed by atoms with E-state index < -0.39 is 12.0 Å². The van der Waals surface area contributed by atoms with E-state index in [1.165, 1.54) is 11.3 Å². The van der Waals surface area contributed by atoms with E-state index in [9.17, 15) is 9.59 Å². The fourth-order valence-corrected chi connectivity index (χ4v) is 5.21. The molecule has 0 fully saturated rings. The molecule has 36 heavy (non-hydrogen) atoms. The Morgan fingerprint density at radius 2 is 1.86 bits per heavy atom. The smallest absolute Gasteiger partial charge is 0.338 e.